The van der Waals surface area contributed by atoms with Gasteiger partial charge in [-0.25, -0.2) is 0 Å². The molecule has 0 saturated heterocycles. The molecule has 0 aromatic carbocycles. The second kappa shape index (κ2) is 5.04. The maximum atomic E-state index is 5.48. The van der Waals surface area contributed by atoms with Crippen molar-refractivity contribution in [1.29, 1.82) is 0 Å². The van der Waals surface area contributed by atoms with Gasteiger partial charge in [0.25, 0.3) is 0 Å². The molecule has 0 bridgehead atoms. The van der Waals surface area contributed by atoms with Crippen molar-refractivity contribution >= 4 is 22.4 Å². The smallest absolute Gasteiger partial charge is 0.139 e. The number of nitrogens with zero attached hydrogens (tertiary/aromatic N) is 1. The van der Waals surface area contributed by atoms with Crippen LogP contribution in [0.1, 0.15) is 6.92 Å². The number of nitrogens with one attached hydrogen (secondary N) is 1. The summed E-state index contributed by atoms with van der Waals surface area (Å²) in [7, 11) is 1.71. The van der Waals surface area contributed by atoms with Gasteiger partial charge in [0, 0.05) is 19.7 Å². The Labute approximate surface area is 82.3 Å². The zero-order valence-corrected chi connectivity index (χ0v) is 8.73. The summed E-state index contributed by atoms with van der Waals surface area (Å²) in [6, 6.07) is 1.84. The number of nitrogen functional groups attached to an aromatic ring is 1. The first-order valence-electron chi connectivity index (χ1n) is 4.17. The number of methoxy groups -OCH3 is 1. The number of anilines is 2. The summed E-state index contributed by atoms with van der Waals surface area (Å²) in [5.41, 5.74) is 5.48. The van der Waals surface area contributed by atoms with E-state index in [4.69, 9.17) is 10.5 Å². The maximum absolute atomic E-state index is 5.48. The van der Waals surface area contributed by atoms with E-state index in [0.29, 0.717) is 11.7 Å². The molecule has 3 N–H and O–H groups in total. The van der Waals surface area contributed by atoms with Crippen molar-refractivity contribution in [2.75, 3.05) is 31.3 Å². The first-order valence-corrected chi connectivity index (χ1v) is 4.94. The van der Waals surface area contributed by atoms with E-state index in [2.05, 4.69) is 16.6 Å². The zero-order chi connectivity index (χ0) is 9.68. The van der Waals surface area contributed by atoms with Gasteiger partial charge in [-0.3, -0.25) is 0 Å². The number of rotatable bonds is 5. The third kappa shape index (κ3) is 3.61. The molecule has 13 heavy (non-hydrogen) atoms. The average molecular weight is 201 g/mol. The van der Waals surface area contributed by atoms with E-state index in [1.165, 1.54) is 11.5 Å². The van der Waals surface area contributed by atoms with Crippen molar-refractivity contribution in [3.05, 3.63) is 6.07 Å². The molecule has 0 fully saturated rings. The van der Waals surface area contributed by atoms with Crippen LogP contribution in [-0.4, -0.2) is 24.6 Å². The van der Waals surface area contributed by atoms with Crippen molar-refractivity contribution in [1.82, 2.24) is 4.37 Å². The lowest BCUT2D eigenvalue weighted by Crippen LogP contribution is -2.15. The molecule has 0 saturated carbocycles. The topological polar surface area (TPSA) is 60.2 Å². The number of ether oxygens (including phenoxy) is 1. The van der Waals surface area contributed by atoms with Crippen LogP contribution < -0.4 is 11.1 Å². The minimum absolute atomic E-state index is 0.494. The molecule has 0 aliphatic heterocycles. The Hall–Kier alpha value is -0.810. The van der Waals surface area contributed by atoms with Gasteiger partial charge in [-0.15, -0.1) is 0 Å². The number of hydrogen-bond acceptors (Lipinski definition) is 5. The van der Waals surface area contributed by atoms with Crippen molar-refractivity contribution in [2.24, 2.45) is 5.92 Å². The fraction of sp³-hybridized carbons (Fsp3) is 0.625. The Morgan fingerprint density at radius 2 is 2.54 bits per heavy atom. The molecule has 0 spiro atoms. The van der Waals surface area contributed by atoms with Crippen LogP contribution in [0.4, 0.5) is 10.8 Å². The van der Waals surface area contributed by atoms with Gasteiger partial charge in [-0.2, -0.15) is 4.37 Å². The van der Waals surface area contributed by atoms with Crippen LogP contribution >= 0.6 is 11.5 Å². The van der Waals surface area contributed by atoms with Crippen molar-refractivity contribution in [3.63, 3.8) is 0 Å². The van der Waals surface area contributed by atoms with Gasteiger partial charge in [0.05, 0.1) is 6.61 Å². The van der Waals surface area contributed by atoms with Gasteiger partial charge >= 0.3 is 0 Å². The molecule has 1 heterocycles. The monoisotopic (exact) mass is 201 g/mol. The van der Waals surface area contributed by atoms with Crippen LogP contribution in [-0.2, 0) is 4.74 Å². The third-order valence-corrected chi connectivity index (χ3v) is 2.37. The molecule has 1 aromatic rings. The fourth-order valence-electron chi connectivity index (χ4n) is 0.990. The van der Waals surface area contributed by atoms with Crippen LogP contribution in [0.3, 0.4) is 0 Å². The molecule has 0 aliphatic carbocycles. The molecule has 5 heteroatoms. The Balaban J connectivity index is 2.26. The second-order valence-corrected chi connectivity index (χ2v) is 3.86. The maximum Gasteiger partial charge on any atom is 0.139 e. The lowest BCUT2D eigenvalue weighted by molar-refractivity contribution is 0.164. The van der Waals surface area contributed by atoms with Gasteiger partial charge in [-0.1, -0.05) is 6.92 Å². The van der Waals surface area contributed by atoms with Crippen LogP contribution in [0.15, 0.2) is 6.07 Å². The molecule has 4 nitrogen and oxygen atoms in total. The van der Waals surface area contributed by atoms with E-state index in [0.717, 1.165) is 18.2 Å². The van der Waals surface area contributed by atoms with E-state index in [-0.39, 0.29) is 0 Å². The summed E-state index contributed by atoms with van der Waals surface area (Å²) in [6.45, 7) is 3.78. The Bertz CT molecular complexity index is 251. The lowest BCUT2D eigenvalue weighted by atomic mass is 10.2. The quantitative estimate of drug-likeness (QED) is 0.756. The molecule has 0 radical (unpaired) electrons. The van der Waals surface area contributed by atoms with Gasteiger partial charge < -0.3 is 15.8 Å². The average Bonchev–Trinajstić information content (AvgIpc) is 2.49. The highest BCUT2D eigenvalue weighted by Gasteiger charge is 2.02. The van der Waals surface area contributed by atoms with Crippen LogP contribution in [0.2, 0.25) is 0 Å². The standard InChI is InChI=1S/C8H15N3OS/c1-6(5-12-2)4-10-8-3-7(9)11-13-8/h3,6,10H,4-5H2,1-2H3,(H2,9,11). The summed E-state index contributed by atoms with van der Waals surface area (Å²) < 4.78 is 8.99. The van der Waals surface area contributed by atoms with Gasteiger partial charge in [0.2, 0.25) is 0 Å². The minimum Gasteiger partial charge on any atom is -0.384 e. The Morgan fingerprint density at radius 3 is 3.08 bits per heavy atom. The summed E-state index contributed by atoms with van der Waals surface area (Å²) in [5.74, 6) is 1.07. The first-order chi connectivity index (χ1) is 6.22. The van der Waals surface area contributed by atoms with E-state index >= 15 is 0 Å². The summed E-state index contributed by atoms with van der Waals surface area (Å²) in [6.07, 6.45) is 0. The van der Waals surface area contributed by atoms with Crippen molar-refractivity contribution in [3.8, 4) is 0 Å². The fourth-order valence-corrected chi connectivity index (χ4v) is 1.57. The summed E-state index contributed by atoms with van der Waals surface area (Å²) in [5, 5.41) is 4.26. The van der Waals surface area contributed by atoms with Gasteiger partial charge in [0.15, 0.2) is 0 Å². The van der Waals surface area contributed by atoms with E-state index in [1.807, 2.05) is 6.07 Å². The van der Waals surface area contributed by atoms with E-state index < -0.39 is 0 Å². The molecular weight excluding hydrogens is 186 g/mol. The lowest BCUT2D eigenvalue weighted by Gasteiger charge is -2.10. The summed E-state index contributed by atoms with van der Waals surface area (Å²) in [4.78, 5) is 0. The molecule has 1 atom stereocenters. The predicted octanol–water partition coefficient (Wildman–Crippen LogP) is 1.42. The predicted molar refractivity (Wildman–Crippen MR) is 56.1 cm³/mol. The largest absolute Gasteiger partial charge is 0.384 e. The number of nitrogens with two attached hydrogens (primary N) is 1. The molecule has 0 aliphatic rings. The van der Waals surface area contributed by atoms with Crippen LogP contribution in [0.5, 0.6) is 0 Å². The number of hydrogen-bond donors (Lipinski definition) is 2. The number of aromatic nitrogens is 1. The molecule has 1 aromatic heterocycles. The highest BCUT2D eigenvalue weighted by atomic mass is 32.1. The third-order valence-electron chi connectivity index (χ3n) is 1.60. The van der Waals surface area contributed by atoms with Gasteiger partial charge in [-0.05, 0) is 17.5 Å². The van der Waals surface area contributed by atoms with Crippen LogP contribution in [0.25, 0.3) is 0 Å². The van der Waals surface area contributed by atoms with Crippen molar-refractivity contribution in [2.45, 2.75) is 6.92 Å². The summed E-state index contributed by atoms with van der Waals surface area (Å²) >= 11 is 1.38. The van der Waals surface area contributed by atoms with Crippen molar-refractivity contribution < 1.29 is 4.74 Å². The first kappa shape index (κ1) is 10.3. The highest BCUT2D eigenvalue weighted by molar-refractivity contribution is 7.10. The highest BCUT2D eigenvalue weighted by Crippen LogP contribution is 2.17. The Kier molecular flexibility index (Phi) is 3.98. The van der Waals surface area contributed by atoms with Gasteiger partial charge in [0.1, 0.15) is 10.8 Å². The van der Waals surface area contributed by atoms with Crippen LogP contribution in [0, 0.1) is 5.92 Å². The molecule has 1 unspecified atom stereocenters. The molecule has 74 valence electrons. The normalized spacial score (nSPS) is 12.8. The Morgan fingerprint density at radius 1 is 1.77 bits per heavy atom. The minimum atomic E-state index is 0.494. The second-order valence-electron chi connectivity index (χ2n) is 3.06. The van der Waals surface area contributed by atoms with E-state index in [9.17, 15) is 0 Å². The molecular formula is C8H15N3OS. The van der Waals surface area contributed by atoms with E-state index in [1.54, 1.807) is 7.11 Å². The molecule has 1 rings (SSSR count). The SMILES string of the molecule is COCC(C)CNc1cc(N)ns1. The molecule has 0 amide bonds. The zero-order valence-electron chi connectivity index (χ0n) is 7.91.